The minimum absolute atomic E-state index is 0.119. The summed E-state index contributed by atoms with van der Waals surface area (Å²) in [7, 11) is 3.12. The van der Waals surface area contributed by atoms with Crippen LogP contribution in [0.15, 0.2) is 48.5 Å². The summed E-state index contributed by atoms with van der Waals surface area (Å²) in [6.07, 6.45) is -0.238. The van der Waals surface area contributed by atoms with E-state index in [9.17, 15) is 0 Å². The van der Waals surface area contributed by atoms with Crippen molar-refractivity contribution in [2.75, 3.05) is 14.2 Å². The van der Waals surface area contributed by atoms with Gasteiger partial charge in [-0.1, -0.05) is 38.0 Å². The highest BCUT2D eigenvalue weighted by Gasteiger charge is 2.22. The first kappa shape index (κ1) is 9.94. The molecule has 2 rings (SSSR count). The summed E-state index contributed by atoms with van der Waals surface area (Å²) in [5.74, 6) is 0.362. The van der Waals surface area contributed by atoms with Crippen LogP contribution in [0.3, 0.4) is 0 Å². The zero-order valence-electron chi connectivity index (χ0n) is 19.0. The van der Waals surface area contributed by atoms with Crippen molar-refractivity contribution in [3.05, 3.63) is 59.7 Å². The van der Waals surface area contributed by atoms with Crippen LogP contribution in [0, 0.1) is 0 Å². The van der Waals surface area contributed by atoms with Crippen molar-refractivity contribution >= 4 is 0 Å². The van der Waals surface area contributed by atoms with Gasteiger partial charge in [0, 0.05) is 8.22 Å². The maximum absolute atomic E-state index is 7.79. The third kappa shape index (κ3) is 3.62. The third-order valence-corrected chi connectivity index (χ3v) is 4.01. The molecule has 2 unspecified atom stereocenters. The SMILES string of the molecule is [2H]C([2H])([2H])CC(c1ccc(OC)cc1)C(CC([2H])([2H])[2H])c1ccc(OC)cc1. The predicted molar refractivity (Wildman–Crippen MR) is 92.1 cm³/mol. The van der Waals surface area contributed by atoms with Crippen molar-refractivity contribution in [1.29, 1.82) is 0 Å². The van der Waals surface area contributed by atoms with Gasteiger partial charge in [0.2, 0.25) is 0 Å². The van der Waals surface area contributed by atoms with E-state index >= 15 is 0 Å². The average Bonchev–Trinajstić information content (AvgIpc) is 2.63. The lowest BCUT2D eigenvalue weighted by Crippen LogP contribution is -2.10. The van der Waals surface area contributed by atoms with Gasteiger partial charge in [-0.15, -0.1) is 0 Å². The van der Waals surface area contributed by atoms with E-state index in [1.54, 1.807) is 38.5 Å². The van der Waals surface area contributed by atoms with E-state index in [2.05, 4.69) is 0 Å². The second-order valence-corrected chi connectivity index (χ2v) is 5.17. The fraction of sp³-hybridized carbons (Fsp3) is 0.400. The zero-order valence-corrected chi connectivity index (χ0v) is 13.0. The van der Waals surface area contributed by atoms with Gasteiger partial charge in [0.1, 0.15) is 11.5 Å². The van der Waals surface area contributed by atoms with Crippen LogP contribution in [0.2, 0.25) is 0 Å². The van der Waals surface area contributed by atoms with Crippen LogP contribution in [0.1, 0.15) is 57.7 Å². The Morgan fingerprint density at radius 1 is 0.727 bits per heavy atom. The van der Waals surface area contributed by atoms with E-state index in [4.69, 9.17) is 17.7 Å². The molecule has 2 atom stereocenters. The van der Waals surface area contributed by atoms with Crippen molar-refractivity contribution in [2.24, 2.45) is 0 Å². The Balaban J connectivity index is 2.51. The summed E-state index contributed by atoms with van der Waals surface area (Å²) in [6, 6.07) is 14.3. The molecule has 2 nitrogen and oxygen atoms in total. The van der Waals surface area contributed by atoms with E-state index in [0.717, 1.165) is 11.1 Å². The molecule has 0 saturated carbocycles. The molecule has 0 heterocycles. The van der Waals surface area contributed by atoms with E-state index in [1.165, 1.54) is 0 Å². The Bertz CT molecular complexity index is 670. The molecule has 0 bridgehead atoms. The smallest absolute Gasteiger partial charge is 0.118 e. The Kier molecular flexibility index (Phi) is 3.56. The molecule has 0 aromatic heterocycles. The number of hydrogen-bond donors (Lipinski definition) is 0. The molecule has 0 spiro atoms. The normalized spacial score (nSPS) is 18.6. The fourth-order valence-corrected chi connectivity index (χ4v) is 2.69. The molecule has 0 saturated heterocycles. The lowest BCUT2D eigenvalue weighted by Gasteiger charge is -2.26. The molecular weight excluding hydrogens is 272 g/mol. The standard InChI is InChI=1S/C20H26O2/c1-5-19(15-7-11-17(21-3)12-8-15)20(6-2)16-9-13-18(22-4)14-10-16/h7-14,19-20H,5-6H2,1-4H3/i1D3,2D3. The van der Waals surface area contributed by atoms with Gasteiger partial charge in [-0.2, -0.15) is 0 Å². The van der Waals surface area contributed by atoms with Crippen LogP contribution in [0.25, 0.3) is 0 Å². The molecule has 0 amide bonds. The maximum Gasteiger partial charge on any atom is 0.118 e. The molecule has 0 aliphatic heterocycles. The van der Waals surface area contributed by atoms with Crippen molar-refractivity contribution in [2.45, 2.75) is 38.4 Å². The second kappa shape index (κ2) is 7.88. The number of benzene rings is 2. The summed E-state index contributed by atoms with van der Waals surface area (Å²) >= 11 is 0. The van der Waals surface area contributed by atoms with Crippen LogP contribution in [-0.2, 0) is 0 Å². The number of methoxy groups -OCH3 is 2. The summed E-state index contributed by atoms with van der Waals surface area (Å²) in [6.45, 7) is -4.38. The van der Waals surface area contributed by atoms with Gasteiger partial charge < -0.3 is 9.47 Å². The molecule has 2 heteroatoms. The highest BCUT2D eigenvalue weighted by atomic mass is 16.5. The van der Waals surface area contributed by atoms with Crippen molar-refractivity contribution in [1.82, 2.24) is 0 Å². The molecule has 2 aromatic rings. The van der Waals surface area contributed by atoms with E-state index in [0.29, 0.717) is 11.5 Å². The monoisotopic (exact) mass is 304 g/mol. The Hall–Kier alpha value is -1.96. The molecule has 0 N–H and O–H groups in total. The summed E-state index contributed by atoms with van der Waals surface area (Å²) in [5.41, 5.74) is 1.56. The minimum Gasteiger partial charge on any atom is -0.497 e. The lowest BCUT2D eigenvalue weighted by atomic mass is 9.78. The van der Waals surface area contributed by atoms with Gasteiger partial charge in [0.05, 0.1) is 14.2 Å². The minimum atomic E-state index is -2.19. The Labute approximate surface area is 142 Å². The van der Waals surface area contributed by atoms with Gasteiger partial charge in [0.25, 0.3) is 0 Å². The molecule has 0 radical (unpaired) electrons. The average molecular weight is 304 g/mol. The molecule has 0 aliphatic carbocycles. The van der Waals surface area contributed by atoms with Crippen LogP contribution in [0.4, 0.5) is 0 Å². The molecule has 0 fully saturated rings. The first-order valence-electron chi connectivity index (χ1n) is 10.3. The van der Waals surface area contributed by atoms with Crippen LogP contribution in [0.5, 0.6) is 11.5 Å². The highest BCUT2D eigenvalue weighted by molar-refractivity contribution is 5.35. The van der Waals surface area contributed by atoms with E-state index in [-0.39, 0.29) is 12.8 Å². The second-order valence-electron chi connectivity index (χ2n) is 5.17. The van der Waals surface area contributed by atoms with E-state index < -0.39 is 25.5 Å². The van der Waals surface area contributed by atoms with Gasteiger partial charge in [-0.3, -0.25) is 0 Å². The largest absolute Gasteiger partial charge is 0.497 e. The van der Waals surface area contributed by atoms with Gasteiger partial charge in [0.15, 0.2) is 0 Å². The predicted octanol–water partition coefficient (Wildman–Crippen LogP) is 5.39. The van der Waals surface area contributed by atoms with Crippen LogP contribution < -0.4 is 9.47 Å². The van der Waals surface area contributed by atoms with Gasteiger partial charge >= 0.3 is 0 Å². The topological polar surface area (TPSA) is 18.5 Å². The van der Waals surface area contributed by atoms with Crippen LogP contribution >= 0.6 is 0 Å². The molecule has 118 valence electrons. The van der Waals surface area contributed by atoms with Gasteiger partial charge in [-0.05, 0) is 60.1 Å². The quantitative estimate of drug-likeness (QED) is 0.682. The third-order valence-electron chi connectivity index (χ3n) is 4.01. The summed E-state index contributed by atoms with van der Waals surface area (Å²) in [5, 5.41) is 0. The van der Waals surface area contributed by atoms with Crippen molar-refractivity contribution in [3.63, 3.8) is 0 Å². The number of ether oxygens (including phenoxy) is 2. The number of rotatable bonds is 7. The number of hydrogen-bond acceptors (Lipinski definition) is 2. The fourth-order valence-electron chi connectivity index (χ4n) is 2.69. The van der Waals surface area contributed by atoms with Gasteiger partial charge in [-0.25, -0.2) is 0 Å². The maximum atomic E-state index is 7.79. The molecular formula is C20H26O2. The van der Waals surface area contributed by atoms with E-state index in [1.807, 2.05) is 24.3 Å². The lowest BCUT2D eigenvalue weighted by molar-refractivity contribution is 0.413. The zero-order chi connectivity index (χ0) is 20.9. The highest BCUT2D eigenvalue weighted by Crippen LogP contribution is 2.38. The van der Waals surface area contributed by atoms with Crippen LogP contribution in [-0.4, -0.2) is 14.2 Å². The Morgan fingerprint density at radius 3 is 1.36 bits per heavy atom. The molecule has 2 aromatic carbocycles. The van der Waals surface area contributed by atoms with Crippen molar-refractivity contribution in [3.8, 4) is 11.5 Å². The van der Waals surface area contributed by atoms with Crippen molar-refractivity contribution < 1.29 is 17.7 Å². The Morgan fingerprint density at radius 2 is 1.09 bits per heavy atom. The molecule has 22 heavy (non-hydrogen) atoms. The summed E-state index contributed by atoms with van der Waals surface area (Å²) < 4.78 is 57.1. The first-order chi connectivity index (χ1) is 13.0. The molecule has 0 aliphatic rings. The first-order valence-corrected chi connectivity index (χ1v) is 7.30. The summed E-state index contributed by atoms with van der Waals surface area (Å²) in [4.78, 5) is 0.